The maximum absolute atomic E-state index is 5.66. The van der Waals surface area contributed by atoms with Gasteiger partial charge in [0.15, 0.2) is 0 Å². The van der Waals surface area contributed by atoms with E-state index in [-0.39, 0.29) is 0 Å². The van der Waals surface area contributed by atoms with Crippen molar-refractivity contribution in [3.63, 3.8) is 0 Å². The molecule has 0 saturated heterocycles. The summed E-state index contributed by atoms with van der Waals surface area (Å²) in [5.41, 5.74) is 8.18. The second-order valence-electron chi connectivity index (χ2n) is 6.49. The summed E-state index contributed by atoms with van der Waals surface area (Å²) in [6.45, 7) is 7.23. The molecule has 1 aromatic rings. The molecule has 1 aromatic heterocycles. The summed E-state index contributed by atoms with van der Waals surface area (Å²) >= 11 is 0. The van der Waals surface area contributed by atoms with Gasteiger partial charge in [0.05, 0.1) is 0 Å². The lowest BCUT2D eigenvalue weighted by Gasteiger charge is -2.38. The highest BCUT2D eigenvalue weighted by molar-refractivity contribution is 5.33. The standard InChI is InChI=1S/C15H26N4/c1-11-12(9-16)10-17-14(18-11)19(4)13-5-7-15(2,3)8-6-13/h10,13H,5-9,16H2,1-4H3. The van der Waals surface area contributed by atoms with Crippen molar-refractivity contribution in [1.82, 2.24) is 9.97 Å². The number of rotatable bonds is 3. The molecule has 1 aliphatic rings. The van der Waals surface area contributed by atoms with Crippen molar-refractivity contribution in [2.45, 2.75) is 59.0 Å². The first-order valence-corrected chi connectivity index (χ1v) is 7.18. The first kappa shape index (κ1) is 14.3. The molecule has 1 fully saturated rings. The van der Waals surface area contributed by atoms with Gasteiger partial charge in [0.2, 0.25) is 5.95 Å². The van der Waals surface area contributed by atoms with Crippen LogP contribution >= 0.6 is 0 Å². The van der Waals surface area contributed by atoms with Crippen LogP contribution in [0, 0.1) is 12.3 Å². The van der Waals surface area contributed by atoms with Gasteiger partial charge in [-0.25, -0.2) is 9.97 Å². The van der Waals surface area contributed by atoms with Crippen molar-refractivity contribution < 1.29 is 0 Å². The van der Waals surface area contributed by atoms with E-state index in [9.17, 15) is 0 Å². The SMILES string of the molecule is Cc1nc(N(C)C2CCC(C)(C)CC2)ncc1CN. The molecule has 0 amide bonds. The predicted molar refractivity (Wildman–Crippen MR) is 79.1 cm³/mol. The van der Waals surface area contributed by atoms with E-state index >= 15 is 0 Å². The van der Waals surface area contributed by atoms with Gasteiger partial charge in [0, 0.05) is 37.1 Å². The molecular formula is C15H26N4. The van der Waals surface area contributed by atoms with Crippen LogP contribution in [0.3, 0.4) is 0 Å². The van der Waals surface area contributed by atoms with Crippen LogP contribution < -0.4 is 10.6 Å². The molecule has 0 aromatic carbocycles. The number of hydrogen-bond acceptors (Lipinski definition) is 4. The van der Waals surface area contributed by atoms with Crippen LogP contribution in [0.25, 0.3) is 0 Å². The fraction of sp³-hybridized carbons (Fsp3) is 0.733. The van der Waals surface area contributed by atoms with Gasteiger partial charge >= 0.3 is 0 Å². The Morgan fingerprint density at radius 2 is 2.00 bits per heavy atom. The number of anilines is 1. The Kier molecular flexibility index (Phi) is 4.09. The van der Waals surface area contributed by atoms with Gasteiger partial charge in [-0.1, -0.05) is 13.8 Å². The lowest BCUT2D eigenvalue weighted by atomic mass is 9.75. The van der Waals surface area contributed by atoms with Crippen LogP contribution in [-0.2, 0) is 6.54 Å². The summed E-state index contributed by atoms with van der Waals surface area (Å²) in [4.78, 5) is 11.3. The van der Waals surface area contributed by atoms with Gasteiger partial charge in [-0.05, 0) is 38.0 Å². The first-order valence-electron chi connectivity index (χ1n) is 7.18. The number of aryl methyl sites for hydroxylation is 1. The summed E-state index contributed by atoms with van der Waals surface area (Å²) in [6.07, 6.45) is 6.87. The Labute approximate surface area is 116 Å². The van der Waals surface area contributed by atoms with Crippen molar-refractivity contribution in [3.8, 4) is 0 Å². The van der Waals surface area contributed by atoms with E-state index in [4.69, 9.17) is 5.73 Å². The third-order valence-electron chi connectivity index (χ3n) is 4.46. The second kappa shape index (κ2) is 5.45. The lowest BCUT2D eigenvalue weighted by Crippen LogP contribution is -2.38. The zero-order valence-corrected chi connectivity index (χ0v) is 12.6. The van der Waals surface area contributed by atoms with E-state index in [1.165, 1.54) is 25.7 Å². The number of nitrogens with zero attached hydrogens (tertiary/aromatic N) is 3. The van der Waals surface area contributed by atoms with Crippen LogP contribution in [0.5, 0.6) is 0 Å². The van der Waals surface area contributed by atoms with Gasteiger partial charge in [0.25, 0.3) is 0 Å². The summed E-state index contributed by atoms with van der Waals surface area (Å²) in [5, 5.41) is 0. The number of nitrogens with two attached hydrogens (primary N) is 1. The molecule has 1 aliphatic carbocycles. The molecule has 2 rings (SSSR count). The predicted octanol–water partition coefficient (Wildman–Crippen LogP) is 2.65. The summed E-state index contributed by atoms with van der Waals surface area (Å²) in [6, 6.07) is 0.566. The largest absolute Gasteiger partial charge is 0.341 e. The molecule has 0 bridgehead atoms. The van der Waals surface area contributed by atoms with E-state index in [0.29, 0.717) is 18.0 Å². The summed E-state index contributed by atoms with van der Waals surface area (Å²) < 4.78 is 0. The molecule has 0 unspecified atom stereocenters. The minimum Gasteiger partial charge on any atom is -0.341 e. The topological polar surface area (TPSA) is 55.0 Å². The molecule has 106 valence electrons. The monoisotopic (exact) mass is 262 g/mol. The lowest BCUT2D eigenvalue weighted by molar-refractivity contribution is 0.222. The molecular weight excluding hydrogens is 236 g/mol. The molecule has 1 saturated carbocycles. The molecule has 1 heterocycles. The third-order valence-corrected chi connectivity index (χ3v) is 4.46. The molecule has 0 aliphatic heterocycles. The minimum absolute atomic E-state index is 0.498. The molecule has 4 heteroatoms. The van der Waals surface area contributed by atoms with Crippen molar-refractivity contribution in [1.29, 1.82) is 0 Å². The Morgan fingerprint density at radius 1 is 1.37 bits per heavy atom. The fourth-order valence-corrected chi connectivity index (χ4v) is 2.78. The highest BCUT2D eigenvalue weighted by Gasteiger charge is 2.29. The zero-order valence-electron chi connectivity index (χ0n) is 12.6. The van der Waals surface area contributed by atoms with Crippen LogP contribution in [0.1, 0.15) is 50.8 Å². The second-order valence-corrected chi connectivity index (χ2v) is 6.49. The third kappa shape index (κ3) is 3.24. The van der Waals surface area contributed by atoms with Crippen LogP contribution in [0.2, 0.25) is 0 Å². The van der Waals surface area contributed by atoms with Crippen molar-refractivity contribution >= 4 is 5.95 Å². The summed E-state index contributed by atoms with van der Waals surface area (Å²) in [5.74, 6) is 0.833. The van der Waals surface area contributed by atoms with E-state index in [1.54, 1.807) is 0 Å². The summed E-state index contributed by atoms with van der Waals surface area (Å²) in [7, 11) is 2.11. The maximum atomic E-state index is 5.66. The van der Waals surface area contributed by atoms with Crippen molar-refractivity contribution in [2.24, 2.45) is 11.1 Å². The molecule has 4 nitrogen and oxygen atoms in total. The van der Waals surface area contributed by atoms with Gasteiger partial charge in [-0.2, -0.15) is 0 Å². The quantitative estimate of drug-likeness (QED) is 0.910. The van der Waals surface area contributed by atoms with Gasteiger partial charge in [-0.15, -0.1) is 0 Å². The Morgan fingerprint density at radius 3 is 2.53 bits per heavy atom. The van der Waals surface area contributed by atoms with Gasteiger partial charge in [-0.3, -0.25) is 0 Å². The zero-order chi connectivity index (χ0) is 14.0. The van der Waals surface area contributed by atoms with E-state index < -0.39 is 0 Å². The minimum atomic E-state index is 0.498. The van der Waals surface area contributed by atoms with Crippen LogP contribution in [0.4, 0.5) is 5.95 Å². The number of aromatic nitrogens is 2. The van der Waals surface area contributed by atoms with Gasteiger partial charge in [0.1, 0.15) is 0 Å². The Bertz CT molecular complexity index is 432. The smallest absolute Gasteiger partial charge is 0.225 e. The molecule has 0 radical (unpaired) electrons. The fourth-order valence-electron chi connectivity index (χ4n) is 2.78. The first-order chi connectivity index (χ1) is 8.93. The van der Waals surface area contributed by atoms with E-state index in [0.717, 1.165) is 17.2 Å². The van der Waals surface area contributed by atoms with Gasteiger partial charge < -0.3 is 10.6 Å². The number of hydrogen-bond donors (Lipinski definition) is 1. The molecule has 0 atom stereocenters. The molecule has 2 N–H and O–H groups in total. The highest BCUT2D eigenvalue weighted by atomic mass is 15.3. The average Bonchev–Trinajstić information content (AvgIpc) is 2.38. The van der Waals surface area contributed by atoms with E-state index in [1.807, 2.05) is 13.1 Å². The molecule has 0 spiro atoms. The average molecular weight is 262 g/mol. The van der Waals surface area contributed by atoms with Crippen molar-refractivity contribution in [2.75, 3.05) is 11.9 Å². The maximum Gasteiger partial charge on any atom is 0.225 e. The van der Waals surface area contributed by atoms with Crippen LogP contribution in [-0.4, -0.2) is 23.1 Å². The van der Waals surface area contributed by atoms with E-state index in [2.05, 4.69) is 35.8 Å². The van der Waals surface area contributed by atoms with Crippen LogP contribution in [0.15, 0.2) is 6.20 Å². The van der Waals surface area contributed by atoms with Crippen molar-refractivity contribution in [3.05, 3.63) is 17.5 Å². The highest BCUT2D eigenvalue weighted by Crippen LogP contribution is 2.37. The molecule has 19 heavy (non-hydrogen) atoms. The Hall–Kier alpha value is -1.16. The normalized spacial score (nSPS) is 19.4. The Balaban J connectivity index is 2.08.